The van der Waals surface area contributed by atoms with Gasteiger partial charge in [0.15, 0.2) is 0 Å². The number of nitrogens with one attached hydrogen (secondary N) is 2. The number of hydrogen-bond acceptors (Lipinski definition) is 4. The Hall–Kier alpha value is -3.48. The van der Waals surface area contributed by atoms with Gasteiger partial charge < -0.3 is 10.6 Å². The van der Waals surface area contributed by atoms with Crippen LogP contribution in [-0.2, 0) is 9.59 Å². The molecule has 144 valence electrons. The van der Waals surface area contributed by atoms with Gasteiger partial charge in [-0.3, -0.25) is 24.1 Å². The fraction of sp³-hybridized carbons (Fsp3) is 0.238. The number of carbonyl (C=O) groups is 4. The highest BCUT2D eigenvalue weighted by atomic mass is 16.2. The van der Waals surface area contributed by atoms with Gasteiger partial charge in [-0.15, -0.1) is 0 Å². The number of fused-ring (bicyclic) bond motifs is 1. The molecule has 0 fully saturated rings. The summed E-state index contributed by atoms with van der Waals surface area (Å²) in [6, 6.07) is 12.2. The number of nitrogens with zero attached hydrogens (tertiary/aromatic N) is 1. The lowest BCUT2D eigenvalue weighted by atomic mass is 10.0. The number of rotatable bonds is 5. The van der Waals surface area contributed by atoms with E-state index < -0.39 is 23.8 Å². The van der Waals surface area contributed by atoms with Crippen molar-refractivity contribution in [2.75, 3.05) is 10.6 Å². The van der Waals surface area contributed by atoms with E-state index in [0.29, 0.717) is 22.5 Å². The van der Waals surface area contributed by atoms with E-state index in [1.165, 1.54) is 6.92 Å². The molecule has 2 aromatic rings. The average Bonchev–Trinajstić information content (AvgIpc) is 2.87. The van der Waals surface area contributed by atoms with Crippen LogP contribution in [0.5, 0.6) is 0 Å². The summed E-state index contributed by atoms with van der Waals surface area (Å²) in [6.45, 7) is 4.95. The predicted molar refractivity (Wildman–Crippen MR) is 105 cm³/mol. The van der Waals surface area contributed by atoms with Crippen molar-refractivity contribution in [1.82, 2.24) is 4.90 Å². The molecule has 0 aliphatic carbocycles. The summed E-state index contributed by atoms with van der Waals surface area (Å²) >= 11 is 0. The molecule has 3 rings (SSSR count). The minimum atomic E-state index is -0.961. The fourth-order valence-electron chi connectivity index (χ4n) is 3.27. The minimum Gasteiger partial charge on any atom is -0.326 e. The lowest BCUT2D eigenvalue weighted by molar-refractivity contribution is -0.121. The predicted octanol–water partition coefficient (Wildman–Crippen LogP) is 2.90. The second-order valence-electron chi connectivity index (χ2n) is 6.97. The van der Waals surface area contributed by atoms with E-state index in [1.807, 2.05) is 0 Å². The molecular formula is C21H21N3O4. The van der Waals surface area contributed by atoms with E-state index in [2.05, 4.69) is 10.6 Å². The summed E-state index contributed by atoms with van der Waals surface area (Å²) in [5.74, 6) is -1.93. The zero-order valence-electron chi connectivity index (χ0n) is 15.9. The summed E-state index contributed by atoms with van der Waals surface area (Å²) in [7, 11) is 0. The van der Waals surface area contributed by atoms with E-state index in [-0.39, 0.29) is 11.8 Å². The van der Waals surface area contributed by atoms with Crippen molar-refractivity contribution in [2.24, 2.45) is 5.92 Å². The molecule has 7 heteroatoms. The van der Waals surface area contributed by atoms with Gasteiger partial charge >= 0.3 is 0 Å². The van der Waals surface area contributed by atoms with Crippen LogP contribution in [-0.4, -0.2) is 34.6 Å². The summed E-state index contributed by atoms with van der Waals surface area (Å²) in [6.07, 6.45) is 0. The molecule has 1 heterocycles. The second kappa shape index (κ2) is 7.64. The molecule has 0 spiro atoms. The summed E-state index contributed by atoms with van der Waals surface area (Å²) in [4.78, 5) is 50.7. The van der Waals surface area contributed by atoms with Crippen LogP contribution in [0.4, 0.5) is 11.4 Å². The maximum Gasteiger partial charge on any atom is 0.262 e. The number of amides is 4. The normalized spacial score (nSPS) is 14.1. The third kappa shape index (κ3) is 3.64. The van der Waals surface area contributed by atoms with Gasteiger partial charge in [0.25, 0.3) is 11.8 Å². The van der Waals surface area contributed by atoms with Crippen LogP contribution in [0.2, 0.25) is 0 Å². The molecule has 0 bridgehead atoms. The van der Waals surface area contributed by atoms with Crippen LogP contribution in [0.1, 0.15) is 41.5 Å². The van der Waals surface area contributed by atoms with Crippen molar-refractivity contribution in [3.05, 3.63) is 59.7 Å². The SMILES string of the molecule is CC(=O)Nc1cccc(NC(=O)C(C(C)C)N2C(=O)c3ccccc3C2=O)c1. The van der Waals surface area contributed by atoms with E-state index in [9.17, 15) is 19.2 Å². The zero-order valence-corrected chi connectivity index (χ0v) is 15.9. The first kappa shape index (κ1) is 19.3. The third-order valence-corrected chi connectivity index (χ3v) is 4.45. The van der Waals surface area contributed by atoms with Crippen LogP contribution in [0.3, 0.4) is 0 Å². The summed E-state index contributed by atoms with van der Waals surface area (Å²) in [5, 5.41) is 5.39. The molecule has 4 amide bonds. The molecule has 2 aromatic carbocycles. The molecule has 1 atom stereocenters. The van der Waals surface area contributed by atoms with Crippen LogP contribution in [0.15, 0.2) is 48.5 Å². The Labute approximate surface area is 162 Å². The van der Waals surface area contributed by atoms with Crippen LogP contribution in [0.25, 0.3) is 0 Å². The topological polar surface area (TPSA) is 95.6 Å². The first-order valence-corrected chi connectivity index (χ1v) is 8.95. The van der Waals surface area contributed by atoms with Gasteiger partial charge in [0.05, 0.1) is 11.1 Å². The third-order valence-electron chi connectivity index (χ3n) is 4.45. The Balaban J connectivity index is 1.86. The summed E-state index contributed by atoms with van der Waals surface area (Å²) in [5.41, 5.74) is 1.60. The van der Waals surface area contributed by atoms with Crippen molar-refractivity contribution in [1.29, 1.82) is 0 Å². The Morgan fingerprint density at radius 3 is 1.89 bits per heavy atom. The largest absolute Gasteiger partial charge is 0.326 e. The van der Waals surface area contributed by atoms with E-state index >= 15 is 0 Å². The first-order valence-electron chi connectivity index (χ1n) is 8.95. The standard InChI is InChI=1S/C21H21N3O4/c1-12(2)18(24-20(27)16-9-4-5-10-17(16)21(24)28)19(26)23-15-8-6-7-14(11-15)22-13(3)25/h4-12,18H,1-3H3,(H,22,25)(H,23,26). The van der Waals surface area contributed by atoms with Crippen molar-refractivity contribution in [3.8, 4) is 0 Å². The smallest absolute Gasteiger partial charge is 0.262 e. The van der Waals surface area contributed by atoms with E-state index in [4.69, 9.17) is 0 Å². The number of imide groups is 1. The molecule has 0 saturated carbocycles. The van der Waals surface area contributed by atoms with E-state index in [1.54, 1.807) is 62.4 Å². The lowest BCUT2D eigenvalue weighted by Gasteiger charge is -2.28. The van der Waals surface area contributed by atoms with Crippen LogP contribution in [0, 0.1) is 5.92 Å². The van der Waals surface area contributed by atoms with Gasteiger partial charge in [-0.05, 0) is 36.2 Å². The Morgan fingerprint density at radius 2 is 1.39 bits per heavy atom. The lowest BCUT2D eigenvalue weighted by Crippen LogP contribution is -2.50. The molecule has 0 radical (unpaired) electrons. The Bertz CT molecular complexity index is 933. The molecule has 2 N–H and O–H groups in total. The van der Waals surface area contributed by atoms with Gasteiger partial charge in [-0.2, -0.15) is 0 Å². The zero-order chi connectivity index (χ0) is 20.4. The fourth-order valence-corrected chi connectivity index (χ4v) is 3.27. The minimum absolute atomic E-state index is 0.227. The number of carbonyl (C=O) groups excluding carboxylic acids is 4. The van der Waals surface area contributed by atoms with Gasteiger partial charge in [0.1, 0.15) is 6.04 Å². The number of anilines is 2. The van der Waals surface area contributed by atoms with Crippen LogP contribution >= 0.6 is 0 Å². The van der Waals surface area contributed by atoms with Gasteiger partial charge in [-0.25, -0.2) is 0 Å². The van der Waals surface area contributed by atoms with Crippen LogP contribution < -0.4 is 10.6 Å². The van der Waals surface area contributed by atoms with Crippen molar-refractivity contribution in [3.63, 3.8) is 0 Å². The highest BCUT2D eigenvalue weighted by Crippen LogP contribution is 2.28. The molecule has 0 aromatic heterocycles. The maximum absolute atomic E-state index is 13.0. The van der Waals surface area contributed by atoms with Crippen molar-refractivity contribution >= 4 is 35.0 Å². The number of benzene rings is 2. The highest BCUT2D eigenvalue weighted by Gasteiger charge is 2.43. The molecule has 1 aliphatic rings. The van der Waals surface area contributed by atoms with Crippen molar-refractivity contribution in [2.45, 2.75) is 26.8 Å². The Morgan fingerprint density at radius 1 is 0.857 bits per heavy atom. The quantitative estimate of drug-likeness (QED) is 0.781. The second-order valence-corrected chi connectivity index (χ2v) is 6.97. The van der Waals surface area contributed by atoms with Gasteiger partial charge in [-0.1, -0.05) is 32.0 Å². The monoisotopic (exact) mass is 379 g/mol. The Kier molecular flexibility index (Phi) is 5.26. The van der Waals surface area contributed by atoms with Crippen molar-refractivity contribution < 1.29 is 19.2 Å². The number of hydrogen-bond donors (Lipinski definition) is 2. The maximum atomic E-state index is 13.0. The molecule has 28 heavy (non-hydrogen) atoms. The highest BCUT2D eigenvalue weighted by molar-refractivity contribution is 6.23. The molecule has 0 saturated heterocycles. The first-order chi connectivity index (χ1) is 13.3. The van der Waals surface area contributed by atoms with Gasteiger partial charge in [0, 0.05) is 18.3 Å². The van der Waals surface area contributed by atoms with E-state index in [0.717, 1.165) is 4.90 Å². The molecule has 1 aliphatic heterocycles. The van der Waals surface area contributed by atoms with Gasteiger partial charge in [0.2, 0.25) is 11.8 Å². The molecule has 1 unspecified atom stereocenters. The molecular weight excluding hydrogens is 358 g/mol. The average molecular weight is 379 g/mol. The molecule has 7 nitrogen and oxygen atoms in total. The summed E-state index contributed by atoms with van der Waals surface area (Å²) < 4.78 is 0.